The minimum absolute atomic E-state index is 0. The highest BCUT2D eigenvalue weighted by Crippen LogP contribution is 2.47. The van der Waals surface area contributed by atoms with Crippen molar-refractivity contribution in [2.24, 2.45) is 0 Å². The number of halogens is 1. The van der Waals surface area contributed by atoms with E-state index in [1.54, 1.807) is 0 Å². The lowest BCUT2D eigenvalue weighted by Crippen LogP contribution is -2.43. The number of hydrogen-bond donors (Lipinski definition) is 3. The number of amides is 1. The molecule has 27 heavy (non-hydrogen) atoms. The Morgan fingerprint density at radius 2 is 2.07 bits per heavy atom. The standard InChI is InChI=1S/C20H24N4O2.ClH/c25-19(18-14-12-21-10-7-15(14)23-24-18)22-16-11-20(8-3-4-9-20)26-17-6-2-1-5-13(16)17;/h1-2,5-6,16,21H,3-4,7-12H2,(H,22,25)(H,23,24);1H. The molecule has 1 atom stereocenters. The molecule has 0 saturated heterocycles. The van der Waals surface area contributed by atoms with Crippen LogP contribution in [-0.4, -0.2) is 28.3 Å². The summed E-state index contributed by atoms with van der Waals surface area (Å²) in [7, 11) is 0. The van der Waals surface area contributed by atoms with Crippen molar-refractivity contribution in [2.75, 3.05) is 6.54 Å². The van der Waals surface area contributed by atoms with Crippen LogP contribution in [-0.2, 0) is 13.0 Å². The molecule has 1 aliphatic carbocycles. The molecule has 1 fully saturated rings. The second kappa shape index (κ2) is 7.17. The maximum atomic E-state index is 13.0. The molecule has 2 aliphatic heterocycles. The van der Waals surface area contributed by atoms with Gasteiger partial charge in [0, 0.05) is 42.8 Å². The average Bonchev–Trinajstić information content (AvgIpc) is 3.29. The second-order valence-corrected chi connectivity index (χ2v) is 7.72. The first-order valence-corrected chi connectivity index (χ1v) is 9.60. The van der Waals surface area contributed by atoms with Crippen molar-refractivity contribution < 1.29 is 9.53 Å². The van der Waals surface area contributed by atoms with Crippen LogP contribution in [0.25, 0.3) is 0 Å². The van der Waals surface area contributed by atoms with E-state index in [0.29, 0.717) is 12.2 Å². The lowest BCUT2D eigenvalue weighted by molar-refractivity contribution is 0.0360. The topological polar surface area (TPSA) is 79.0 Å². The van der Waals surface area contributed by atoms with Crippen LogP contribution in [0.1, 0.15) is 65.5 Å². The van der Waals surface area contributed by atoms with Crippen LogP contribution in [0.15, 0.2) is 24.3 Å². The van der Waals surface area contributed by atoms with E-state index < -0.39 is 0 Å². The van der Waals surface area contributed by atoms with Crippen molar-refractivity contribution in [3.8, 4) is 5.75 Å². The Kier molecular flexibility index (Phi) is 4.86. The van der Waals surface area contributed by atoms with Gasteiger partial charge in [-0.1, -0.05) is 18.2 Å². The first-order chi connectivity index (χ1) is 12.7. The van der Waals surface area contributed by atoms with E-state index in [1.807, 2.05) is 18.2 Å². The first-order valence-electron chi connectivity index (χ1n) is 9.60. The highest BCUT2D eigenvalue weighted by molar-refractivity contribution is 5.94. The highest BCUT2D eigenvalue weighted by atomic mass is 35.5. The van der Waals surface area contributed by atoms with Gasteiger partial charge in [0.25, 0.3) is 5.91 Å². The van der Waals surface area contributed by atoms with Gasteiger partial charge in [-0.05, 0) is 31.7 Å². The number of benzene rings is 1. The normalized spacial score (nSPS) is 22.3. The van der Waals surface area contributed by atoms with Crippen LogP contribution >= 0.6 is 12.4 Å². The van der Waals surface area contributed by atoms with Crippen LogP contribution in [0.3, 0.4) is 0 Å². The summed E-state index contributed by atoms with van der Waals surface area (Å²) in [6, 6.07) is 8.06. The zero-order valence-electron chi connectivity index (χ0n) is 15.2. The number of nitrogens with one attached hydrogen (secondary N) is 3. The Hall–Kier alpha value is -2.05. The summed E-state index contributed by atoms with van der Waals surface area (Å²) < 4.78 is 6.39. The lowest BCUT2D eigenvalue weighted by Gasteiger charge is -2.40. The van der Waals surface area contributed by atoms with Gasteiger partial charge in [0.2, 0.25) is 0 Å². The van der Waals surface area contributed by atoms with Crippen molar-refractivity contribution in [1.29, 1.82) is 0 Å². The predicted octanol–water partition coefficient (Wildman–Crippen LogP) is 3.04. The van der Waals surface area contributed by atoms with E-state index in [2.05, 4.69) is 26.9 Å². The maximum absolute atomic E-state index is 13.0. The lowest BCUT2D eigenvalue weighted by atomic mass is 9.86. The van der Waals surface area contributed by atoms with Gasteiger partial charge in [-0.2, -0.15) is 5.10 Å². The number of aromatic nitrogens is 2. The number of fused-ring (bicyclic) bond motifs is 2. The quantitative estimate of drug-likeness (QED) is 0.738. The summed E-state index contributed by atoms with van der Waals surface area (Å²) in [5, 5.41) is 13.9. The molecule has 1 amide bonds. The Balaban J connectivity index is 0.00000180. The van der Waals surface area contributed by atoms with Crippen LogP contribution < -0.4 is 15.4 Å². The molecule has 6 nitrogen and oxygen atoms in total. The van der Waals surface area contributed by atoms with Crippen molar-refractivity contribution in [3.63, 3.8) is 0 Å². The number of para-hydroxylation sites is 1. The molecule has 5 rings (SSSR count). The Morgan fingerprint density at radius 3 is 2.93 bits per heavy atom. The van der Waals surface area contributed by atoms with Gasteiger partial charge in [-0.15, -0.1) is 12.4 Å². The van der Waals surface area contributed by atoms with Crippen LogP contribution in [0, 0.1) is 0 Å². The SMILES string of the molecule is Cl.O=C(NC1CC2(CCCC2)Oc2ccccc21)c1n[nH]c2c1CNCC2. The largest absolute Gasteiger partial charge is 0.487 e. The number of nitrogens with zero attached hydrogens (tertiary/aromatic N) is 1. The number of carbonyl (C=O) groups is 1. The average molecular weight is 389 g/mol. The number of carbonyl (C=O) groups excluding carboxylic acids is 1. The third-order valence-corrected chi connectivity index (χ3v) is 6.04. The number of aromatic amines is 1. The molecule has 7 heteroatoms. The maximum Gasteiger partial charge on any atom is 0.272 e. The summed E-state index contributed by atoms with van der Waals surface area (Å²) in [5.41, 5.74) is 3.55. The molecule has 0 radical (unpaired) electrons. The van der Waals surface area contributed by atoms with Crippen molar-refractivity contribution in [1.82, 2.24) is 20.8 Å². The summed E-state index contributed by atoms with van der Waals surface area (Å²) >= 11 is 0. The van der Waals surface area contributed by atoms with E-state index in [1.165, 1.54) is 12.8 Å². The van der Waals surface area contributed by atoms with E-state index >= 15 is 0 Å². The monoisotopic (exact) mass is 388 g/mol. The van der Waals surface area contributed by atoms with Crippen molar-refractivity contribution in [3.05, 3.63) is 46.8 Å². The zero-order chi connectivity index (χ0) is 17.6. The van der Waals surface area contributed by atoms with E-state index in [0.717, 1.165) is 54.8 Å². The molecule has 3 aliphatic rings. The summed E-state index contributed by atoms with van der Waals surface area (Å²) in [6.07, 6.45) is 6.24. The van der Waals surface area contributed by atoms with Gasteiger partial charge < -0.3 is 15.4 Å². The Bertz CT molecular complexity index is 844. The number of H-pyrrole nitrogens is 1. The fraction of sp³-hybridized carbons (Fsp3) is 0.500. The Labute approximate surface area is 164 Å². The van der Waals surface area contributed by atoms with Crippen LogP contribution in [0.5, 0.6) is 5.75 Å². The predicted molar refractivity (Wildman–Crippen MR) is 104 cm³/mol. The molecule has 1 aromatic heterocycles. The Morgan fingerprint density at radius 1 is 1.26 bits per heavy atom. The number of hydrogen-bond acceptors (Lipinski definition) is 4. The first kappa shape index (κ1) is 18.3. The molecule has 2 aromatic rings. The summed E-state index contributed by atoms with van der Waals surface area (Å²) in [4.78, 5) is 13.0. The van der Waals surface area contributed by atoms with Gasteiger partial charge >= 0.3 is 0 Å². The molecular formula is C20H25ClN4O2. The van der Waals surface area contributed by atoms with E-state index in [-0.39, 0.29) is 30.0 Å². The number of rotatable bonds is 2. The second-order valence-electron chi connectivity index (χ2n) is 7.72. The van der Waals surface area contributed by atoms with Gasteiger partial charge in [0.1, 0.15) is 11.4 Å². The third kappa shape index (κ3) is 3.21. The molecule has 1 unspecified atom stereocenters. The molecule has 1 spiro atoms. The summed E-state index contributed by atoms with van der Waals surface area (Å²) in [5.74, 6) is 0.817. The van der Waals surface area contributed by atoms with Gasteiger partial charge in [0.05, 0.1) is 6.04 Å². The zero-order valence-corrected chi connectivity index (χ0v) is 16.0. The van der Waals surface area contributed by atoms with E-state index in [4.69, 9.17) is 4.74 Å². The minimum Gasteiger partial charge on any atom is -0.487 e. The van der Waals surface area contributed by atoms with Crippen molar-refractivity contribution in [2.45, 2.75) is 56.7 Å². The minimum atomic E-state index is -0.126. The molecular weight excluding hydrogens is 364 g/mol. The van der Waals surface area contributed by atoms with Gasteiger partial charge in [-0.3, -0.25) is 9.89 Å². The molecule has 1 aromatic carbocycles. The smallest absolute Gasteiger partial charge is 0.272 e. The highest BCUT2D eigenvalue weighted by Gasteiger charge is 2.43. The molecule has 144 valence electrons. The molecule has 0 bridgehead atoms. The molecule has 3 heterocycles. The molecule has 1 saturated carbocycles. The third-order valence-electron chi connectivity index (χ3n) is 6.04. The van der Waals surface area contributed by atoms with Crippen LogP contribution in [0.2, 0.25) is 0 Å². The van der Waals surface area contributed by atoms with Gasteiger partial charge in [-0.25, -0.2) is 0 Å². The fourth-order valence-corrected chi connectivity index (χ4v) is 4.71. The number of ether oxygens (including phenoxy) is 1. The fourth-order valence-electron chi connectivity index (χ4n) is 4.71. The van der Waals surface area contributed by atoms with Crippen molar-refractivity contribution >= 4 is 18.3 Å². The molecule has 3 N–H and O–H groups in total. The van der Waals surface area contributed by atoms with Crippen LogP contribution in [0.4, 0.5) is 0 Å². The summed E-state index contributed by atoms with van der Waals surface area (Å²) in [6.45, 7) is 1.62. The van der Waals surface area contributed by atoms with E-state index in [9.17, 15) is 4.79 Å². The van der Waals surface area contributed by atoms with Gasteiger partial charge in [0.15, 0.2) is 5.69 Å².